The molecule has 1 saturated heterocycles. The third kappa shape index (κ3) is 4.41. The van der Waals surface area contributed by atoms with Crippen LogP contribution in [0.5, 0.6) is 0 Å². The largest absolute Gasteiger partial charge is 0.304 e. The van der Waals surface area contributed by atoms with Gasteiger partial charge in [0.15, 0.2) is 5.82 Å². The van der Waals surface area contributed by atoms with Crippen molar-refractivity contribution >= 4 is 11.7 Å². The van der Waals surface area contributed by atoms with Gasteiger partial charge in [-0.25, -0.2) is 0 Å². The van der Waals surface area contributed by atoms with Crippen molar-refractivity contribution in [1.82, 2.24) is 29.8 Å². The number of benzene rings is 1. The van der Waals surface area contributed by atoms with Crippen molar-refractivity contribution in [3.05, 3.63) is 66.1 Å². The summed E-state index contributed by atoms with van der Waals surface area (Å²) < 4.78 is 0. The van der Waals surface area contributed by atoms with E-state index in [1.165, 1.54) is 16.6 Å². The van der Waals surface area contributed by atoms with E-state index in [2.05, 4.69) is 37.3 Å². The number of hydrogen-bond acceptors (Lipinski definition) is 6. The molecule has 1 N–H and O–H groups in total. The molecule has 0 atom stereocenters. The Balaban J connectivity index is 1.35. The monoisotopic (exact) mass is 377 g/mol. The Hall–Kier alpha value is -3.10. The van der Waals surface area contributed by atoms with Crippen LogP contribution in [0.1, 0.15) is 15.9 Å². The highest BCUT2D eigenvalue weighted by atomic mass is 16.1. The molecule has 0 radical (unpaired) electrons. The molecule has 2 aromatic heterocycles. The van der Waals surface area contributed by atoms with E-state index in [0.717, 1.165) is 38.4 Å². The van der Waals surface area contributed by atoms with Crippen LogP contribution in [-0.4, -0.2) is 68.9 Å². The average molecular weight is 377 g/mol. The standard InChI is InChI=1S/C20H23N7O/c1-25-9-11-26(12-10-25)15-16-4-6-17(7-5-16)20(28)23-19-14-22-27(24-19)18-3-2-8-21-13-18/h2-8,13-14H,9-12,15H2,1H3,(H,23,24,28). The van der Waals surface area contributed by atoms with Gasteiger partial charge in [0.1, 0.15) is 5.69 Å². The van der Waals surface area contributed by atoms with E-state index in [0.29, 0.717) is 11.4 Å². The first-order valence-electron chi connectivity index (χ1n) is 9.31. The zero-order valence-corrected chi connectivity index (χ0v) is 15.8. The van der Waals surface area contributed by atoms with Crippen molar-refractivity contribution < 1.29 is 4.79 Å². The van der Waals surface area contributed by atoms with Gasteiger partial charge in [-0.05, 0) is 36.9 Å². The van der Waals surface area contributed by atoms with Gasteiger partial charge in [-0.15, -0.1) is 9.90 Å². The van der Waals surface area contributed by atoms with Crippen molar-refractivity contribution in [1.29, 1.82) is 0 Å². The molecule has 1 aliphatic heterocycles. The zero-order chi connectivity index (χ0) is 19.3. The first-order valence-corrected chi connectivity index (χ1v) is 9.31. The Bertz CT molecular complexity index is 915. The predicted molar refractivity (Wildman–Crippen MR) is 106 cm³/mol. The van der Waals surface area contributed by atoms with Gasteiger partial charge in [0.05, 0.1) is 12.4 Å². The number of nitrogens with one attached hydrogen (secondary N) is 1. The summed E-state index contributed by atoms with van der Waals surface area (Å²) in [5.74, 6) is 0.194. The molecule has 28 heavy (non-hydrogen) atoms. The Labute approximate surface area is 163 Å². The third-order valence-corrected chi connectivity index (χ3v) is 4.83. The highest BCUT2D eigenvalue weighted by Gasteiger charge is 2.14. The summed E-state index contributed by atoms with van der Waals surface area (Å²) in [6.07, 6.45) is 4.86. The SMILES string of the molecule is CN1CCN(Cc2ccc(C(=O)Nc3cnn(-c4cccnc4)n3)cc2)CC1. The average Bonchev–Trinajstić information content (AvgIpc) is 3.19. The summed E-state index contributed by atoms with van der Waals surface area (Å²) >= 11 is 0. The van der Waals surface area contributed by atoms with Gasteiger partial charge in [0.25, 0.3) is 5.91 Å². The molecular formula is C20H23N7O. The zero-order valence-electron chi connectivity index (χ0n) is 15.8. The molecule has 3 heterocycles. The molecule has 0 unspecified atom stereocenters. The number of carbonyl (C=O) groups excluding carboxylic acids is 1. The van der Waals surface area contributed by atoms with Crippen LogP contribution in [-0.2, 0) is 6.54 Å². The van der Waals surface area contributed by atoms with E-state index >= 15 is 0 Å². The summed E-state index contributed by atoms with van der Waals surface area (Å²) in [7, 11) is 2.15. The van der Waals surface area contributed by atoms with Crippen LogP contribution in [0.3, 0.4) is 0 Å². The second kappa shape index (κ2) is 8.28. The number of piperazine rings is 1. The lowest BCUT2D eigenvalue weighted by molar-refractivity contribution is 0.102. The second-order valence-corrected chi connectivity index (χ2v) is 6.96. The molecule has 3 aromatic rings. The maximum Gasteiger partial charge on any atom is 0.256 e. The van der Waals surface area contributed by atoms with Crippen LogP contribution in [0.25, 0.3) is 5.69 Å². The number of likely N-dealkylation sites (N-methyl/N-ethyl adjacent to an activating group) is 1. The van der Waals surface area contributed by atoms with Crippen molar-refractivity contribution in [3.63, 3.8) is 0 Å². The Morgan fingerprint density at radius 2 is 1.86 bits per heavy atom. The van der Waals surface area contributed by atoms with Gasteiger partial charge >= 0.3 is 0 Å². The highest BCUT2D eigenvalue weighted by Crippen LogP contribution is 2.12. The van der Waals surface area contributed by atoms with Crippen LogP contribution in [0.4, 0.5) is 5.82 Å². The fraction of sp³-hybridized carbons (Fsp3) is 0.300. The number of rotatable bonds is 5. The predicted octanol–water partition coefficient (Wildman–Crippen LogP) is 1.66. The van der Waals surface area contributed by atoms with Crippen LogP contribution in [0.2, 0.25) is 0 Å². The van der Waals surface area contributed by atoms with Gasteiger partial charge < -0.3 is 10.2 Å². The van der Waals surface area contributed by atoms with Crippen molar-refractivity contribution in [2.75, 3.05) is 38.5 Å². The van der Waals surface area contributed by atoms with Crippen LogP contribution < -0.4 is 5.32 Å². The van der Waals surface area contributed by atoms with E-state index < -0.39 is 0 Å². The maximum absolute atomic E-state index is 12.5. The van der Waals surface area contributed by atoms with Crippen LogP contribution in [0.15, 0.2) is 55.0 Å². The van der Waals surface area contributed by atoms with Crippen LogP contribution >= 0.6 is 0 Å². The van der Waals surface area contributed by atoms with Crippen molar-refractivity contribution in [2.24, 2.45) is 0 Å². The molecule has 0 bridgehead atoms. The van der Waals surface area contributed by atoms with Crippen molar-refractivity contribution in [2.45, 2.75) is 6.54 Å². The van der Waals surface area contributed by atoms with E-state index in [9.17, 15) is 4.79 Å². The molecule has 8 heteroatoms. The number of anilines is 1. The number of carbonyl (C=O) groups is 1. The summed E-state index contributed by atoms with van der Waals surface area (Å²) in [6, 6.07) is 11.4. The topological polar surface area (TPSA) is 79.2 Å². The first kappa shape index (κ1) is 18.3. The van der Waals surface area contributed by atoms with Gasteiger partial charge in [-0.3, -0.25) is 14.7 Å². The van der Waals surface area contributed by atoms with Crippen LogP contribution in [0, 0.1) is 0 Å². The summed E-state index contributed by atoms with van der Waals surface area (Å²) in [5.41, 5.74) is 2.54. The molecule has 0 spiro atoms. The molecule has 0 aliphatic carbocycles. The molecule has 1 aliphatic rings. The fourth-order valence-corrected chi connectivity index (χ4v) is 3.13. The number of aromatic nitrogens is 4. The fourth-order valence-electron chi connectivity index (χ4n) is 3.13. The third-order valence-electron chi connectivity index (χ3n) is 4.83. The van der Waals surface area contributed by atoms with Gasteiger partial charge in [0.2, 0.25) is 0 Å². The lowest BCUT2D eigenvalue weighted by atomic mass is 10.1. The number of nitrogens with zero attached hydrogens (tertiary/aromatic N) is 6. The number of hydrogen-bond donors (Lipinski definition) is 1. The molecular weight excluding hydrogens is 354 g/mol. The molecule has 1 aromatic carbocycles. The maximum atomic E-state index is 12.5. The molecule has 8 nitrogen and oxygen atoms in total. The highest BCUT2D eigenvalue weighted by molar-refractivity contribution is 6.03. The van der Waals surface area contributed by atoms with E-state index in [1.807, 2.05) is 30.3 Å². The van der Waals surface area contributed by atoms with E-state index in [4.69, 9.17) is 0 Å². The number of pyridine rings is 1. The Morgan fingerprint density at radius 3 is 2.57 bits per heavy atom. The minimum absolute atomic E-state index is 0.204. The second-order valence-electron chi connectivity index (χ2n) is 6.96. The Morgan fingerprint density at radius 1 is 1.07 bits per heavy atom. The quantitative estimate of drug-likeness (QED) is 0.729. The summed E-state index contributed by atoms with van der Waals surface area (Å²) in [6.45, 7) is 5.26. The van der Waals surface area contributed by atoms with E-state index in [1.54, 1.807) is 18.5 Å². The molecule has 4 rings (SSSR count). The molecule has 0 saturated carbocycles. The van der Waals surface area contributed by atoms with Gasteiger partial charge in [0, 0.05) is 44.5 Å². The van der Waals surface area contributed by atoms with Gasteiger partial charge in [-0.1, -0.05) is 12.1 Å². The Kier molecular flexibility index (Phi) is 5.41. The smallest absolute Gasteiger partial charge is 0.256 e. The first-order chi connectivity index (χ1) is 13.7. The molecule has 1 fully saturated rings. The lowest BCUT2D eigenvalue weighted by Crippen LogP contribution is -2.43. The minimum Gasteiger partial charge on any atom is -0.304 e. The van der Waals surface area contributed by atoms with Crippen molar-refractivity contribution in [3.8, 4) is 5.69 Å². The lowest BCUT2D eigenvalue weighted by Gasteiger charge is -2.32. The summed E-state index contributed by atoms with van der Waals surface area (Å²) in [5, 5.41) is 11.2. The molecule has 144 valence electrons. The summed E-state index contributed by atoms with van der Waals surface area (Å²) in [4.78, 5) is 22.7. The van der Waals surface area contributed by atoms with Gasteiger partial charge in [-0.2, -0.15) is 5.10 Å². The van der Waals surface area contributed by atoms with E-state index in [-0.39, 0.29) is 5.91 Å². The minimum atomic E-state index is -0.204. The molecule has 1 amide bonds. The normalized spacial score (nSPS) is 15.5. The number of amides is 1.